The Morgan fingerprint density at radius 2 is 2.03 bits per heavy atom. The van der Waals surface area contributed by atoms with Crippen LogP contribution in [0, 0.1) is 12.7 Å². The number of benzene rings is 1. The van der Waals surface area contributed by atoms with E-state index >= 15 is 0 Å². The molecular formula is C20H20BrFN4O2S2. The van der Waals surface area contributed by atoms with Gasteiger partial charge < -0.3 is 15.4 Å². The number of rotatable bonds is 6. The van der Waals surface area contributed by atoms with Crippen LogP contribution >= 0.6 is 39.5 Å². The van der Waals surface area contributed by atoms with Crippen molar-refractivity contribution < 1.29 is 13.9 Å². The number of aryl methyl sites for hydroxylation is 1. The number of thiophene rings is 1. The molecule has 0 atom stereocenters. The smallest absolute Gasteiger partial charge is 0.341 e. The van der Waals surface area contributed by atoms with E-state index in [2.05, 4.69) is 31.7 Å². The minimum atomic E-state index is -0.397. The molecule has 30 heavy (non-hydrogen) atoms. The highest BCUT2D eigenvalue weighted by Crippen LogP contribution is 2.34. The molecule has 0 saturated heterocycles. The van der Waals surface area contributed by atoms with E-state index in [-0.39, 0.29) is 5.82 Å². The SMILES string of the molecule is CCc1c(C)sc(NC(=S)Nc2nn(Cc3ccc(F)cc3)cc2Br)c1C(=O)OC. The highest BCUT2D eigenvalue weighted by Gasteiger charge is 2.22. The number of methoxy groups -OCH3 is 1. The summed E-state index contributed by atoms with van der Waals surface area (Å²) in [7, 11) is 1.36. The Kier molecular flexibility index (Phi) is 7.22. The van der Waals surface area contributed by atoms with Crippen LogP contribution < -0.4 is 10.6 Å². The third-order valence-electron chi connectivity index (χ3n) is 4.39. The molecule has 3 aromatic rings. The lowest BCUT2D eigenvalue weighted by molar-refractivity contribution is 0.0601. The maximum atomic E-state index is 13.1. The van der Waals surface area contributed by atoms with Crippen LogP contribution in [-0.4, -0.2) is 28.0 Å². The van der Waals surface area contributed by atoms with Crippen LogP contribution in [0.1, 0.15) is 33.3 Å². The molecule has 0 spiro atoms. The fraction of sp³-hybridized carbons (Fsp3) is 0.250. The number of nitrogens with one attached hydrogen (secondary N) is 2. The van der Waals surface area contributed by atoms with E-state index in [9.17, 15) is 9.18 Å². The van der Waals surface area contributed by atoms with Crippen LogP contribution in [0.3, 0.4) is 0 Å². The minimum absolute atomic E-state index is 0.277. The van der Waals surface area contributed by atoms with Crippen molar-refractivity contribution in [1.82, 2.24) is 9.78 Å². The number of carbonyl (C=O) groups excluding carboxylic acids is 1. The molecule has 0 aliphatic rings. The molecule has 2 heterocycles. The Bertz CT molecular complexity index is 1080. The van der Waals surface area contributed by atoms with Gasteiger partial charge in [-0.1, -0.05) is 19.1 Å². The Balaban J connectivity index is 1.73. The van der Waals surface area contributed by atoms with E-state index in [1.165, 1.54) is 30.6 Å². The van der Waals surface area contributed by atoms with Crippen molar-refractivity contribution in [3.8, 4) is 0 Å². The zero-order chi connectivity index (χ0) is 21.8. The van der Waals surface area contributed by atoms with Gasteiger partial charge in [-0.2, -0.15) is 5.10 Å². The molecule has 0 fully saturated rings. The van der Waals surface area contributed by atoms with E-state index < -0.39 is 5.97 Å². The molecule has 0 aliphatic heterocycles. The van der Waals surface area contributed by atoms with Crippen molar-refractivity contribution >= 4 is 61.4 Å². The number of hydrogen-bond acceptors (Lipinski definition) is 5. The lowest BCUT2D eigenvalue weighted by atomic mass is 10.1. The van der Waals surface area contributed by atoms with Crippen molar-refractivity contribution in [2.24, 2.45) is 0 Å². The molecule has 3 rings (SSSR count). The molecule has 1 aromatic carbocycles. The first-order valence-corrected chi connectivity index (χ1v) is 11.1. The average Bonchev–Trinajstić information content (AvgIpc) is 3.21. The predicted octanol–water partition coefficient (Wildman–Crippen LogP) is 5.36. The molecule has 158 valence electrons. The molecule has 2 aromatic heterocycles. The number of anilines is 2. The van der Waals surface area contributed by atoms with Crippen LogP contribution in [-0.2, 0) is 17.7 Å². The molecule has 0 saturated carbocycles. The lowest BCUT2D eigenvalue weighted by Gasteiger charge is -2.10. The molecular weight excluding hydrogens is 491 g/mol. The normalized spacial score (nSPS) is 10.7. The van der Waals surface area contributed by atoms with E-state index in [4.69, 9.17) is 17.0 Å². The first-order chi connectivity index (χ1) is 14.3. The lowest BCUT2D eigenvalue weighted by Crippen LogP contribution is -2.21. The summed E-state index contributed by atoms with van der Waals surface area (Å²) < 4.78 is 20.4. The maximum absolute atomic E-state index is 13.1. The highest BCUT2D eigenvalue weighted by atomic mass is 79.9. The predicted molar refractivity (Wildman–Crippen MR) is 125 cm³/mol. The fourth-order valence-corrected chi connectivity index (χ4v) is 4.81. The number of hydrogen-bond donors (Lipinski definition) is 2. The third kappa shape index (κ3) is 5.05. The first kappa shape index (κ1) is 22.4. The van der Waals surface area contributed by atoms with Gasteiger partial charge in [-0.3, -0.25) is 4.68 Å². The fourth-order valence-electron chi connectivity index (χ4n) is 2.99. The zero-order valence-electron chi connectivity index (χ0n) is 16.6. The van der Waals surface area contributed by atoms with E-state index in [0.29, 0.717) is 34.5 Å². The minimum Gasteiger partial charge on any atom is -0.465 e. The van der Waals surface area contributed by atoms with Gasteiger partial charge in [0.1, 0.15) is 10.8 Å². The quantitative estimate of drug-likeness (QED) is 0.343. The molecule has 0 bridgehead atoms. The second kappa shape index (κ2) is 9.67. The number of ether oxygens (including phenoxy) is 1. The second-order valence-corrected chi connectivity index (χ2v) is 8.90. The summed E-state index contributed by atoms with van der Waals surface area (Å²) in [5.41, 5.74) is 2.37. The molecule has 2 N–H and O–H groups in total. The van der Waals surface area contributed by atoms with Crippen LogP contribution in [0.5, 0.6) is 0 Å². The van der Waals surface area contributed by atoms with Crippen LogP contribution in [0.15, 0.2) is 34.9 Å². The summed E-state index contributed by atoms with van der Waals surface area (Å²) in [5, 5.41) is 11.5. The van der Waals surface area contributed by atoms with Gasteiger partial charge in [-0.05, 0) is 64.8 Å². The van der Waals surface area contributed by atoms with Crippen LogP contribution in [0.25, 0.3) is 0 Å². The Labute approximate surface area is 191 Å². The van der Waals surface area contributed by atoms with E-state index in [1.807, 2.05) is 13.8 Å². The van der Waals surface area contributed by atoms with Crippen LogP contribution in [0.4, 0.5) is 15.2 Å². The third-order valence-corrected chi connectivity index (χ3v) is 6.23. The van der Waals surface area contributed by atoms with Gasteiger partial charge >= 0.3 is 5.97 Å². The Morgan fingerprint density at radius 3 is 2.67 bits per heavy atom. The number of halogens is 2. The molecule has 6 nitrogen and oxygen atoms in total. The topological polar surface area (TPSA) is 68.2 Å². The van der Waals surface area contributed by atoms with Crippen molar-refractivity contribution in [3.05, 3.63) is 62.3 Å². The summed E-state index contributed by atoms with van der Waals surface area (Å²) in [6, 6.07) is 6.25. The summed E-state index contributed by atoms with van der Waals surface area (Å²) in [5.74, 6) is -0.148. The zero-order valence-corrected chi connectivity index (χ0v) is 19.8. The largest absolute Gasteiger partial charge is 0.465 e. The average molecular weight is 511 g/mol. The van der Waals surface area contributed by atoms with Gasteiger partial charge in [0.2, 0.25) is 0 Å². The molecule has 0 unspecified atom stereocenters. The monoisotopic (exact) mass is 510 g/mol. The maximum Gasteiger partial charge on any atom is 0.341 e. The van der Waals surface area contributed by atoms with Crippen molar-refractivity contribution in [2.75, 3.05) is 17.7 Å². The van der Waals surface area contributed by atoms with Gasteiger partial charge in [0.05, 0.1) is 23.7 Å². The van der Waals surface area contributed by atoms with Gasteiger partial charge in [0.15, 0.2) is 10.9 Å². The first-order valence-electron chi connectivity index (χ1n) is 9.08. The second-order valence-electron chi connectivity index (χ2n) is 6.41. The standard InChI is InChI=1S/C20H20BrFN4O2S2/c1-4-14-11(2)30-18(16(14)19(27)28-3)24-20(29)23-17-15(21)10-26(25-17)9-12-5-7-13(22)8-6-12/h5-8,10H,4,9H2,1-3H3,(H2,23,24,25,29). The van der Waals surface area contributed by atoms with Gasteiger partial charge in [-0.15, -0.1) is 11.3 Å². The number of thiocarbonyl (C=S) groups is 1. The van der Waals surface area contributed by atoms with Gasteiger partial charge in [0.25, 0.3) is 0 Å². The molecule has 0 aliphatic carbocycles. The molecule has 0 amide bonds. The molecule has 10 heteroatoms. The summed E-state index contributed by atoms with van der Waals surface area (Å²) in [4.78, 5) is 13.3. The van der Waals surface area contributed by atoms with Crippen LogP contribution in [0.2, 0.25) is 0 Å². The number of carbonyl (C=O) groups is 1. The van der Waals surface area contributed by atoms with Gasteiger partial charge in [-0.25, -0.2) is 9.18 Å². The van der Waals surface area contributed by atoms with Crippen molar-refractivity contribution in [1.29, 1.82) is 0 Å². The van der Waals surface area contributed by atoms with Crippen molar-refractivity contribution in [3.63, 3.8) is 0 Å². The highest BCUT2D eigenvalue weighted by molar-refractivity contribution is 9.10. The number of aromatic nitrogens is 2. The Hall–Kier alpha value is -2.30. The summed E-state index contributed by atoms with van der Waals surface area (Å²) >= 11 is 10.3. The van der Waals surface area contributed by atoms with E-state index in [1.54, 1.807) is 23.0 Å². The number of nitrogens with zero attached hydrogens (tertiary/aromatic N) is 2. The van der Waals surface area contributed by atoms with E-state index in [0.717, 1.165) is 20.5 Å². The summed E-state index contributed by atoms with van der Waals surface area (Å²) in [6.07, 6.45) is 2.52. The van der Waals surface area contributed by atoms with Crippen molar-refractivity contribution in [2.45, 2.75) is 26.8 Å². The summed E-state index contributed by atoms with van der Waals surface area (Å²) in [6.45, 7) is 4.44. The number of esters is 1. The Morgan fingerprint density at radius 1 is 1.33 bits per heavy atom. The molecule has 0 radical (unpaired) electrons. The van der Waals surface area contributed by atoms with Gasteiger partial charge in [0, 0.05) is 11.1 Å².